The average molecular weight is 190 g/mol. The first kappa shape index (κ1) is 8.55. The smallest absolute Gasteiger partial charge is 0.368 e. The normalized spacial score (nSPS) is 10.6. The minimum atomic E-state index is -0.543. The molecule has 4 N–H and O–H groups in total. The Labute approximate surface area is 79.9 Å². The molecule has 0 saturated heterocycles. The quantitative estimate of drug-likeness (QED) is 0.572. The van der Waals surface area contributed by atoms with Gasteiger partial charge in [-0.15, -0.1) is 0 Å². The first-order valence-electron chi connectivity index (χ1n) is 4.13. The summed E-state index contributed by atoms with van der Waals surface area (Å²) in [4.78, 5) is 15.0. The molecule has 0 fully saturated rings. The molecule has 2 rings (SSSR count). The molecule has 14 heavy (non-hydrogen) atoms. The van der Waals surface area contributed by atoms with Gasteiger partial charge < -0.3 is 11.6 Å². The molecule has 1 aromatic carbocycles. The van der Waals surface area contributed by atoms with Crippen LogP contribution in [-0.2, 0) is 0 Å². The molecule has 0 aliphatic rings. The van der Waals surface area contributed by atoms with Crippen LogP contribution < -0.4 is 17.3 Å². The van der Waals surface area contributed by atoms with Crippen LogP contribution in [0, 0.1) is 6.92 Å². The number of rotatable bonds is 0. The Hall–Kier alpha value is -2.04. The van der Waals surface area contributed by atoms with E-state index in [-0.39, 0.29) is 5.82 Å². The van der Waals surface area contributed by atoms with Crippen LogP contribution in [0.15, 0.2) is 23.0 Å². The molecule has 72 valence electrons. The number of anilines is 1. The number of nitrogen functional groups attached to an aromatic ring is 2. The highest BCUT2D eigenvalue weighted by Crippen LogP contribution is 2.16. The van der Waals surface area contributed by atoms with E-state index >= 15 is 0 Å². The van der Waals surface area contributed by atoms with Crippen LogP contribution in [0.5, 0.6) is 0 Å². The van der Waals surface area contributed by atoms with Gasteiger partial charge in [-0.25, -0.2) is 4.79 Å². The molecule has 0 saturated carbocycles. The highest BCUT2D eigenvalue weighted by Gasteiger charge is 2.05. The van der Waals surface area contributed by atoms with Crippen molar-refractivity contribution < 1.29 is 0 Å². The van der Waals surface area contributed by atoms with E-state index in [1.54, 1.807) is 6.07 Å². The maximum absolute atomic E-state index is 11.2. The number of aryl methyl sites for hydroxylation is 1. The summed E-state index contributed by atoms with van der Waals surface area (Å²) < 4.78 is 0.849. The lowest BCUT2D eigenvalue weighted by molar-refractivity contribution is 0.905. The second-order valence-corrected chi connectivity index (χ2v) is 3.17. The van der Waals surface area contributed by atoms with Crippen LogP contribution in [0.25, 0.3) is 10.9 Å². The Bertz CT molecular complexity index is 558. The van der Waals surface area contributed by atoms with Crippen molar-refractivity contribution in [1.29, 1.82) is 0 Å². The molecular formula is C9H10N4O. The molecule has 0 aliphatic heterocycles. The van der Waals surface area contributed by atoms with Crippen LogP contribution in [0.3, 0.4) is 0 Å². The van der Waals surface area contributed by atoms with Crippen LogP contribution in [-0.4, -0.2) is 9.66 Å². The van der Waals surface area contributed by atoms with Crippen molar-refractivity contribution in [2.75, 3.05) is 11.6 Å². The molecule has 5 heteroatoms. The zero-order chi connectivity index (χ0) is 10.3. The van der Waals surface area contributed by atoms with Crippen LogP contribution in [0.1, 0.15) is 5.56 Å². The molecule has 1 heterocycles. The molecule has 5 nitrogen and oxygen atoms in total. The Morgan fingerprint density at radius 1 is 1.43 bits per heavy atom. The van der Waals surface area contributed by atoms with Gasteiger partial charge in [-0.1, -0.05) is 11.6 Å². The molecule has 0 atom stereocenters. The van der Waals surface area contributed by atoms with Crippen molar-refractivity contribution in [1.82, 2.24) is 9.66 Å². The Balaban J connectivity index is 2.99. The Morgan fingerprint density at radius 2 is 2.14 bits per heavy atom. The lowest BCUT2D eigenvalue weighted by Crippen LogP contribution is -2.31. The van der Waals surface area contributed by atoms with Gasteiger partial charge in [0.15, 0.2) is 0 Å². The SMILES string of the molecule is Cc1ccc2nc(=O)n(N)c(N)c2c1. The molecular weight excluding hydrogens is 180 g/mol. The van der Waals surface area contributed by atoms with E-state index in [1.165, 1.54) is 0 Å². The summed E-state index contributed by atoms with van der Waals surface area (Å²) in [7, 11) is 0. The van der Waals surface area contributed by atoms with Crippen molar-refractivity contribution >= 4 is 16.7 Å². The second-order valence-electron chi connectivity index (χ2n) is 3.17. The summed E-state index contributed by atoms with van der Waals surface area (Å²) in [5.41, 5.74) is 6.76. The monoisotopic (exact) mass is 190 g/mol. The van der Waals surface area contributed by atoms with E-state index in [0.717, 1.165) is 10.2 Å². The fraction of sp³-hybridized carbons (Fsp3) is 0.111. The van der Waals surface area contributed by atoms with Crippen LogP contribution in [0.4, 0.5) is 5.82 Å². The number of aromatic nitrogens is 2. The molecule has 0 radical (unpaired) electrons. The Morgan fingerprint density at radius 3 is 2.86 bits per heavy atom. The maximum atomic E-state index is 11.2. The van der Waals surface area contributed by atoms with Gasteiger partial charge in [0, 0.05) is 5.39 Å². The van der Waals surface area contributed by atoms with E-state index in [0.29, 0.717) is 10.9 Å². The minimum Gasteiger partial charge on any atom is -0.383 e. The standard InChI is InChI=1S/C9H10N4O/c1-5-2-3-7-6(4-5)8(10)13(11)9(14)12-7/h2-4H,10-11H2,1H3. The summed E-state index contributed by atoms with van der Waals surface area (Å²) in [5, 5.41) is 0.701. The molecule has 0 unspecified atom stereocenters. The number of nitrogens with two attached hydrogens (primary N) is 2. The van der Waals surface area contributed by atoms with Crippen molar-refractivity contribution in [3.05, 3.63) is 34.2 Å². The highest BCUT2D eigenvalue weighted by atomic mass is 16.1. The molecule has 2 aromatic rings. The van der Waals surface area contributed by atoms with E-state index < -0.39 is 5.69 Å². The third-order valence-electron chi connectivity index (χ3n) is 2.11. The summed E-state index contributed by atoms with van der Waals surface area (Å²) >= 11 is 0. The Kier molecular flexibility index (Phi) is 1.67. The van der Waals surface area contributed by atoms with E-state index in [9.17, 15) is 4.79 Å². The molecule has 1 aromatic heterocycles. The number of nitrogens with zero attached hydrogens (tertiary/aromatic N) is 2. The topological polar surface area (TPSA) is 86.9 Å². The summed E-state index contributed by atoms with van der Waals surface area (Å²) in [6, 6.07) is 5.47. The van der Waals surface area contributed by atoms with Crippen molar-refractivity contribution in [3.8, 4) is 0 Å². The van der Waals surface area contributed by atoms with Gasteiger partial charge in [-0.2, -0.15) is 9.66 Å². The highest BCUT2D eigenvalue weighted by molar-refractivity contribution is 5.88. The lowest BCUT2D eigenvalue weighted by Gasteiger charge is -2.06. The number of benzene rings is 1. The lowest BCUT2D eigenvalue weighted by atomic mass is 10.1. The van der Waals surface area contributed by atoms with E-state index in [2.05, 4.69) is 4.98 Å². The molecule has 0 bridgehead atoms. The van der Waals surface area contributed by atoms with Gasteiger partial charge in [0.05, 0.1) is 5.52 Å². The number of hydrogen-bond donors (Lipinski definition) is 2. The third kappa shape index (κ3) is 1.10. The molecule has 0 amide bonds. The van der Waals surface area contributed by atoms with E-state index in [4.69, 9.17) is 11.6 Å². The fourth-order valence-electron chi connectivity index (χ4n) is 1.34. The largest absolute Gasteiger partial charge is 0.383 e. The predicted octanol–water partition coefficient (Wildman–Crippen LogP) is 0.000920. The molecule has 0 spiro atoms. The van der Waals surface area contributed by atoms with Crippen molar-refractivity contribution in [3.63, 3.8) is 0 Å². The van der Waals surface area contributed by atoms with Crippen LogP contribution >= 0.6 is 0 Å². The van der Waals surface area contributed by atoms with Crippen LogP contribution in [0.2, 0.25) is 0 Å². The van der Waals surface area contributed by atoms with Crippen molar-refractivity contribution in [2.24, 2.45) is 0 Å². The predicted molar refractivity (Wildman–Crippen MR) is 55.3 cm³/mol. The van der Waals surface area contributed by atoms with Gasteiger partial charge in [0.1, 0.15) is 5.82 Å². The average Bonchev–Trinajstić information content (AvgIpc) is 2.16. The number of fused-ring (bicyclic) bond motifs is 1. The zero-order valence-electron chi connectivity index (χ0n) is 7.69. The van der Waals surface area contributed by atoms with Gasteiger partial charge in [-0.3, -0.25) is 0 Å². The fourth-order valence-corrected chi connectivity index (χ4v) is 1.34. The minimum absolute atomic E-state index is 0.240. The maximum Gasteiger partial charge on any atom is 0.368 e. The van der Waals surface area contributed by atoms with Gasteiger partial charge >= 0.3 is 5.69 Å². The first-order chi connectivity index (χ1) is 6.59. The summed E-state index contributed by atoms with van der Waals surface area (Å²) in [6.07, 6.45) is 0. The van der Waals surface area contributed by atoms with Crippen molar-refractivity contribution in [2.45, 2.75) is 6.92 Å². The first-order valence-corrected chi connectivity index (χ1v) is 4.13. The number of hydrogen-bond acceptors (Lipinski definition) is 4. The second kappa shape index (κ2) is 2.73. The van der Waals surface area contributed by atoms with E-state index in [1.807, 2.05) is 19.1 Å². The summed E-state index contributed by atoms with van der Waals surface area (Å²) in [5.74, 6) is 5.65. The van der Waals surface area contributed by atoms with Gasteiger partial charge in [-0.05, 0) is 19.1 Å². The summed E-state index contributed by atoms with van der Waals surface area (Å²) in [6.45, 7) is 1.94. The van der Waals surface area contributed by atoms with Gasteiger partial charge in [0.2, 0.25) is 0 Å². The molecule has 0 aliphatic carbocycles. The zero-order valence-corrected chi connectivity index (χ0v) is 7.69. The third-order valence-corrected chi connectivity index (χ3v) is 2.11. The van der Waals surface area contributed by atoms with Gasteiger partial charge in [0.25, 0.3) is 0 Å².